The summed E-state index contributed by atoms with van der Waals surface area (Å²) in [7, 11) is 2.12. The number of rotatable bonds is 3. The molecule has 0 amide bonds. The van der Waals surface area contributed by atoms with Crippen LogP contribution in [0, 0.1) is 6.92 Å². The third kappa shape index (κ3) is 53.3. The molecule has 0 aliphatic carbocycles. The second-order valence-corrected chi connectivity index (χ2v) is 20.8. The predicted octanol–water partition coefficient (Wildman–Crippen LogP) is 41.6. The van der Waals surface area contributed by atoms with Crippen LogP contribution in [-0.2, 0) is 7.05 Å². The minimum Gasteiger partial charge on any atom is -0.456 e. The number of nitrogens with zero attached hydrogens (tertiary/aromatic N) is 3. The number of benzene rings is 11. The van der Waals surface area contributed by atoms with Crippen molar-refractivity contribution in [1.82, 2.24) is 9.55 Å². The van der Waals surface area contributed by atoms with Crippen LogP contribution in [0.3, 0.4) is 0 Å². The number of aromatic nitrogens is 2. The van der Waals surface area contributed by atoms with Gasteiger partial charge in [0.2, 0.25) is 0 Å². The van der Waals surface area contributed by atoms with Crippen LogP contribution in [0.2, 0.25) is 0 Å². The van der Waals surface area contributed by atoms with E-state index in [4.69, 9.17) is 4.42 Å². The van der Waals surface area contributed by atoms with E-state index in [1.54, 1.807) is 23.7 Å². The number of fused-ring (bicyclic) bond motifs is 10. The summed E-state index contributed by atoms with van der Waals surface area (Å²) in [5.41, 5.74) is 9.34. The molecule has 5 heterocycles. The molecule has 4 nitrogen and oxygen atoms in total. The molecule has 16 rings (SSSR count). The van der Waals surface area contributed by atoms with Crippen LogP contribution >= 0.6 is 22.7 Å². The summed E-state index contributed by atoms with van der Waals surface area (Å²) in [5.74, 6) is 0. The average molecular weight is 1660 g/mol. The van der Waals surface area contributed by atoms with Crippen LogP contribution in [0.1, 0.15) is 269 Å². The lowest BCUT2D eigenvalue weighted by Gasteiger charge is -2.25. The van der Waals surface area contributed by atoms with Crippen LogP contribution in [0.25, 0.3) is 74.0 Å². The van der Waals surface area contributed by atoms with Gasteiger partial charge in [0.05, 0.1) is 0 Å². The molecule has 0 aliphatic heterocycles. The van der Waals surface area contributed by atoms with Gasteiger partial charge in [0.25, 0.3) is 0 Å². The Kier molecular flexibility index (Phi) is 114. The highest BCUT2D eigenvalue weighted by molar-refractivity contribution is 7.25. The molecule has 0 unspecified atom stereocenters. The fourth-order valence-electron chi connectivity index (χ4n) is 9.40. The van der Waals surface area contributed by atoms with Crippen LogP contribution in [-0.4, -0.2) is 9.55 Å². The van der Waals surface area contributed by atoms with Crippen molar-refractivity contribution in [3.63, 3.8) is 0 Å². The quantitative estimate of drug-likeness (QED) is 0.177. The van der Waals surface area contributed by atoms with Gasteiger partial charge < -0.3 is 13.9 Å². The number of pyridine rings is 1. The van der Waals surface area contributed by atoms with Gasteiger partial charge in [-0.05, 0) is 115 Å². The largest absolute Gasteiger partial charge is 0.456 e. The molecule has 0 saturated heterocycles. The maximum atomic E-state index is 5.65. The summed E-state index contributed by atoms with van der Waals surface area (Å²) in [6, 6.07) is 108. The highest BCUT2D eigenvalue weighted by atomic mass is 32.1. The zero-order valence-corrected chi connectivity index (χ0v) is 85.0. The van der Waals surface area contributed by atoms with Crippen molar-refractivity contribution in [3.8, 4) is 0 Å². The molecule has 5 aromatic heterocycles. The van der Waals surface area contributed by atoms with E-state index in [9.17, 15) is 0 Å². The van der Waals surface area contributed by atoms with Crippen molar-refractivity contribution in [1.29, 1.82) is 0 Å². The van der Waals surface area contributed by atoms with E-state index < -0.39 is 0 Å². The first-order chi connectivity index (χ1) is 59.1. The lowest BCUT2D eigenvalue weighted by molar-refractivity contribution is 0.669. The summed E-state index contributed by atoms with van der Waals surface area (Å²) >= 11 is 3.65. The SMILES string of the molecule is CC.CC.CC.CC.CC.CC.CC.CC.CC.CC.CC.CC.CC.CC.CC.CC.CC.CC.CC.Cc1ccccc1.Cn1c2ccccc2c2ccccc21.c1ccc(N(c2ccccc2)c2ccccc2)cc1.c1ccc2c(c1)oc1ccccc12.c1ccc2c(c1)sc1ccccc12.c1ccc2sccc2c1.c1ccncc1. The number of para-hydroxylation sites is 7. The summed E-state index contributed by atoms with van der Waals surface area (Å²) < 4.78 is 12.0. The zero-order chi connectivity index (χ0) is 93.3. The normalized spacial score (nSPS) is 8.00. The van der Waals surface area contributed by atoms with Gasteiger partial charge in [-0.3, -0.25) is 4.98 Å². The number of furan rings is 1. The van der Waals surface area contributed by atoms with Gasteiger partial charge in [0, 0.05) is 94.0 Å². The number of anilines is 3. The fraction of sp³-hybridized carbons (Fsp3) is 0.354. The monoisotopic (exact) mass is 1650 g/mol. The summed E-state index contributed by atoms with van der Waals surface area (Å²) in [4.78, 5) is 6.03. The van der Waals surface area contributed by atoms with Crippen LogP contribution < -0.4 is 4.90 Å². The van der Waals surface area contributed by atoms with Crippen molar-refractivity contribution in [2.45, 2.75) is 270 Å². The maximum Gasteiger partial charge on any atom is 0.135 e. The third-order valence-corrected chi connectivity index (χ3v) is 15.4. The Labute approximate surface area is 743 Å². The Hall–Kier alpha value is -9.85. The van der Waals surface area contributed by atoms with Gasteiger partial charge in [-0.15, -0.1) is 22.7 Å². The van der Waals surface area contributed by atoms with Gasteiger partial charge >= 0.3 is 0 Å². The maximum absolute atomic E-state index is 5.65. The van der Waals surface area contributed by atoms with Crippen LogP contribution in [0.5, 0.6) is 0 Å². The van der Waals surface area contributed by atoms with Crippen molar-refractivity contribution >= 4 is 114 Å². The zero-order valence-electron chi connectivity index (χ0n) is 83.3. The molecule has 0 saturated carbocycles. The topological polar surface area (TPSA) is 34.2 Å². The third-order valence-electron chi connectivity index (χ3n) is 13.3. The smallest absolute Gasteiger partial charge is 0.135 e. The van der Waals surface area contributed by atoms with Crippen LogP contribution in [0.4, 0.5) is 17.1 Å². The first-order valence-electron chi connectivity index (χ1n) is 46.0. The van der Waals surface area contributed by atoms with E-state index in [0.29, 0.717) is 0 Å². The standard InChI is InChI=1S/C18H15N.C13H11N.C12H8O.C12H8S.C8H6S.C7H8.C5H5N.19C2H6/c1-4-10-16(11-5-1)19(17-12-6-2-7-13-17)18-14-8-3-9-15-18;1-14-12-8-4-2-6-10(12)11-7-3-5-9-13(11)14;2*1-3-7-11-9(5-1)10-6-2-4-8-12(10)13-11;1-2-4-8-7(3-1)5-6-9-8;1-7-5-3-2-4-6-7;1-2-4-6-5-3-1;19*1-2/h1-15H;2-9H,1H3;2*1-8H;1-6H;2-6H,1H3;1-5H;19*1-2H3. The lowest BCUT2D eigenvalue weighted by atomic mass is 10.2. The minimum atomic E-state index is 0.962. The molecule has 0 N–H and O–H groups in total. The summed E-state index contributed by atoms with van der Waals surface area (Å²) in [6.45, 7) is 78.1. The second-order valence-electron chi connectivity index (χ2n) is 18.8. The number of hydrogen-bond acceptors (Lipinski definition) is 5. The van der Waals surface area contributed by atoms with Crippen molar-refractivity contribution in [2.24, 2.45) is 7.05 Å². The Morgan fingerprint density at radius 3 is 0.756 bits per heavy atom. The van der Waals surface area contributed by atoms with Crippen molar-refractivity contribution in [2.75, 3.05) is 4.90 Å². The molecule has 16 aromatic rings. The molecular formula is C113H175N3OS2. The highest BCUT2D eigenvalue weighted by Crippen LogP contribution is 2.35. The molecule has 6 heteroatoms. The summed E-state index contributed by atoms with van der Waals surface area (Å²) in [5, 5.41) is 11.3. The van der Waals surface area contributed by atoms with Gasteiger partial charge in [-0.25, -0.2) is 0 Å². The fourth-order valence-corrected chi connectivity index (χ4v) is 11.3. The van der Waals surface area contributed by atoms with Crippen molar-refractivity contribution < 1.29 is 4.42 Å². The van der Waals surface area contributed by atoms with E-state index in [1.165, 1.54) is 85.5 Å². The van der Waals surface area contributed by atoms with Gasteiger partial charge in [-0.2, -0.15) is 0 Å². The van der Waals surface area contributed by atoms with E-state index in [0.717, 1.165) is 11.2 Å². The Balaban J connectivity index is -0.000000138. The van der Waals surface area contributed by atoms with E-state index in [-0.39, 0.29) is 0 Å². The number of aryl methyl sites for hydroxylation is 2. The molecular weight excluding hydrogens is 1480 g/mol. The molecule has 0 atom stereocenters. The second kappa shape index (κ2) is 104. The van der Waals surface area contributed by atoms with E-state index >= 15 is 0 Å². The van der Waals surface area contributed by atoms with Gasteiger partial charge in [0.1, 0.15) is 11.2 Å². The molecule has 0 aliphatic rings. The summed E-state index contributed by atoms with van der Waals surface area (Å²) in [6.07, 6.45) is 3.50. The van der Waals surface area contributed by atoms with Crippen LogP contribution in [0.15, 0.2) is 338 Å². The Morgan fingerprint density at radius 2 is 0.479 bits per heavy atom. The predicted molar refractivity (Wildman–Crippen MR) is 567 cm³/mol. The first-order valence-corrected chi connectivity index (χ1v) is 47.7. The molecule has 0 radical (unpaired) electrons. The molecule has 119 heavy (non-hydrogen) atoms. The lowest BCUT2D eigenvalue weighted by Crippen LogP contribution is -2.09. The van der Waals surface area contributed by atoms with Gasteiger partial charge in [-0.1, -0.05) is 487 Å². The molecule has 11 aromatic carbocycles. The van der Waals surface area contributed by atoms with Crippen molar-refractivity contribution in [3.05, 3.63) is 339 Å². The number of hydrogen-bond donors (Lipinski definition) is 0. The number of thiophene rings is 2. The Morgan fingerprint density at radius 1 is 0.235 bits per heavy atom. The molecule has 0 spiro atoms. The molecule has 660 valence electrons. The van der Waals surface area contributed by atoms with E-state index in [2.05, 4.69) is 258 Å². The molecule has 0 bridgehead atoms. The van der Waals surface area contributed by atoms with E-state index in [1.807, 2.05) is 365 Å². The van der Waals surface area contributed by atoms with Gasteiger partial charge in [0.15, 0.2) is 0 Å². The average Bonchev–Trinajstić information content (AvgIpc) is 1.67. The minimum absolute atomic E-state index is 0.962. The molecule has 0 fully saturated rings. The first kappa shape index (κ1) is 130. The highest BCUT2D eigenvalue weighted by Gasteiger charge is 2.11. The Bertz CT molecular complexity index is 4030.